The summed E-state index contributed by atoms with van der Waals surface area (Å²) in [6, 6.07) is 0. The van der Waals surface area contributed by atoms with Gasteiger partial charge >= 0.3 is 37.0 Å². The molecule has 0 aliphatic carbocycles. The second-order valence-corrected chi connectivity index (χ2v) is 5.18. The van der Waals surface area contributed by atoms with Crippen LogP contribution in [0.25, 0.3) is 0 Å². The SMILES string of the molecule is C[CH2][Hg].[Cl-].[NH4+].c1ncncn1. The number of hydrogen-bond donors (Lipinski definition) is 1. The van der Waals surface area contributed by atoms with Gasteiger partial charge in [-0.05, 0) is 0 Å². The van der Waals surface area contributed by atoms with Crippen LogP contribution in [0.4, 0.5) is 0 Å². The molecule has 1 aromatic heterocycles. The fourth-order valence-corrected chi connectivity index (χ4v) is 0.205. The third-order valence-electron chi connectivity index (χ3n) is 0.400. The van der Waals surface area contributed by atoms with E-state index in [4.69, 9.17) is 0 Å². The zero-order valence-corrected chi connectivity index (χ0v) is 13.1. The molecule has 0 aliphatic rings. The Morgan fingerprint density at radius 1 is 1.09 bits per heavy atom. The van der Waals surface area contributed by atoms with Crippen molar-refractivity contribution in [3.8, 4) is 0 Å². The molecule has 4 nitrogen and oxygen atoms in total. The molecule has 0 atom stereocenters. The Morgan fingerprint density at radius 2 is 1.27 bits per heavy atom. The molecular weight excluding hydrogens is 352 g/mol. The summed E-state index contributed by atoms with van der Waals surface area (Å²) in [5.41, 5.74) is 0. The Morgan fingerprint density at radius 3 is 1.36 bits per heavy atom. The van der Waals surface area contributed by atoms with Crippen molar-refractivity contribution >= 4 is 0 Å². The van der Waals surface area contributed by atoms with Gasteiger partial charge in [0.25, 0.3) is 0 Å². The van der Waals surface area contributed by atoms with Crippen LogP contribution in [0, 0.1) is 0 Å². The van der Waals surface area contributed by atoms with Crippen molar-refractivity contribution in [3.63, 3.8) is 0 Å². The summed E-state index contributed by atoms with van der Waals surface area (Å²) in [7, 11) is 0. The number of hydrogen-bond acceptors (Lipinski definition) is 3. The fourth-order valence-electron chi connectivity index (χ4n) is 0.205. The predicted molar refractivity (Wildman–Crippen MR) is 36.3 cm³/mol. The van der Waals surface area contributed by atoms with Crippen LogP contribution in [0.5, 0.6) is 0 Å². The molecule has 0 amide bonds. The van der Waals surface area contributed by atoms with Gasteiger partial charge < -0.3 is 18.6 Å². The maximum absolute atomic E-state index is 3.56. The molecule has 0 fully saturated rings. The van der Waals surface area contributed by atoms with Gasteiger partial charge in [-0.2, -0.15) is 0 Å². The van der Waals surface area contributed by atoms with Gasteiger partial charge in [-0.3, -0.25) is 0 Å². The standard InChI is InChI=1S/C3H3N3.C2H5.ClH.Hg.H3N/c1-4-2-6-3-5-1;1-2;;;/h1-3H;1H2,2H3;1H;;1H3. The van der Waals surface area contributed by atoms with Gasteiger partial charge in [0.1, 0.15) is 19.0 Å². The summed E-state index contributed by atoms with van der Waals surface area (Å²) in [4.78, 5) is 10.7. The number of nitrogens with zero attached hydrogens (tertiary/aromatic N) is 3. The van der Waals surface area contributed by atoms with Crippen molar-refractivity contribution in [2.45, 2.75) is 10.9 Å². The topological polar surface area (TPSA) is 75.2 Å². The smallest absolute Gasteiger partial charge is 0.119 e. The molecule has 0 aromatic carbocycles. The van der Waals surface area contributed by atoms with Crippen LogP contribution in [-0.4, -0.2) is 15.0 Å². The van der Waals surface area contributed by atoms with Crippen molar-refractivity contribution in [1.82, 2.24) is 21.1 Å². The first-order valence-corrected chi connectivity index (χ1v) is 6.64. The number of rotatable bonds is 0. The molecule has 0 bridgehead atoms. The van der Waals surface area contributed by atoms with E-state index in [1.165, 1.54) is 22.9 Å². The van der Waals surface area contributed by atoms with E-state index >= 15 is 0 Å². The summed E-state index contributed by atoms with van der Waals surface area (Å²) in [5, 5.41) is 0. The Bertz CT molecular complexity index is 101. The maximum Gasteiger partial charge on any atom is 0.119 e. The van der Waals surface area contributed by atoms with Gasteiger partial charge in [-0.15, -0.1) is 0 Å². The first-order chi connectivity index (χ1) is 4.41. The van der Waals surface area contributed by atoms with Crippen LogP contribution in [-0.2, 0) is 26.1 Å². The van der Waals surface area contributed by atoms with Gasteiger partial charge in [0, 0.05) is 0 Å². The molecule has 1 aromatic rings. The van der Waals surface area contributed by atoms with E-state index in [2.05, 4.69) is 21.9 Å². The Labute approximate surface area is 89.2 Å². The van der Waals surface area contributed by atoms with E-state index in [9.17, 15) is 0 Å². The molecule has 6 heteroatoms. The molecule has 1 rings (SSSR count). The number of halogens is 1. The summed E-state index contributed by atoms with van der Waals surface area (Å²) in [6.45, 7) is 2.21. The van der Waals surface area contributed by atoms with E-state index in [1.54, 1.807) is 0 Å². The molecule has 0 saturated heterocycles. The van der Waals surface area contributed by atoms with Gasteiger partial charge in [0.05, 0.1) is 0 Å². The quantitative estimate of drug-likeness (QED) is 0.554. The van der Waals surface area contributed by atoms with Crippen LogP contribution >= 0.6 is 0 Å². The van der Waals surface area contributed by atoms with Crippen LogP contribution < -0.4 is 18.6 Å². The third kappa shape index (κ3) is 17.8. The number of aromatic nitrogens is 3. The normalized spacial score (nSPS) is 6.09. The minimum Gasteiger partial charge on any atom is -1.00 e. The van der Waals surface area contributed by atoms with E-state index in [0.717, 1.165) is 26.1 Å². The average molecular weight is 364 g/mol. The minimum atomic E-state index is 0. The zero-order chi connectivity index (χ0) is 6.95. The first kappa shape index (κ1) is 17.3. The van der Waals surface area contributed by atoms with E-state index in [0.29, 0.717) is 0 Å². The average Bonchev–Trinajstić information content (AvgIpc) is 1.93. The summed E-state index contributed by atoms with van der Waals surface area (Å²) in [5.74, 6) is 0. The largest absolute Gasteiger partial charge is 1.00 e. The summed E-state index contributed by atoms with van der Waals surface area (Å²) in [6.07, 6.45) is 4.31. The Kier molecular flexibility index (Phi) is 26.2. The molecule has 0 saturated carbocycles. The van der Waals surface area contributed by atoms with Crippen molar-refractivity contribution in [1.29, 1.82) is 0 Å². The van der Waals surface area contributed by atoms with Crippen molar-refractivity contribution in [2.24, 2.45) is 0 Å². The molecule has 0 unspecified atom stereocenters. The van der Waals surface area contributed by atoms with E-state index in [1.807, 2.05) is 0 Å². The first-order valence-electron chi connectivity index (χ1n) is 2.76. The monoisotopic (exact) mass is 365 g/mol. The van der Waals surface area contributed by atoms with Gasteiger partial charge in [-0.25, -0.2) is 15.0 Å². The van der Waals surface area contributed by atoms with Crippen LogP contribution in [0.1, 0.15) is 6.92 Å². The molecule has 1 heterocycles. The molecule has 0 aliphatic heterocycles. The van der Waals surface area contributed by atoms with Crippen molar-refractivity contribution in [3.05, 3.63) is 19.0 Å². The number of quaternary nitrogens is 1. The molecule has 11 heavy (non-hydrogen) atoms. The zero-order valence-electron chi connectivity index (χ0n) is 6.87. The van der Waals surface area contributed by atoms with Crippen molar-refractivity contribution < 1.29 is 38.5 Å². The second kappa shape index (κ2) is 16.7. The third-order valence-corrected chi connectivity index (χ3v) is 0.400. The molecule has 4 N–H and O–H groups in total. The van der Waals surface area contributed by atoms with Crippen LogP contribution in [0.15, 0.2) is 19.0 Å². The van der Waals surface area contributed by atoms with E-state index < -0.39 is 0 Å². The summed E-state index contributed by atoms with van der Waals surface area (Å²) >= 11 is 1.07. The molecule has 61 valence electrons. The van der Waals surface area contributed by atoms with Crippen LogP contribution in [0.3, 0.4) is 0 Å². The maximum atomic E-state index is 3.56. The van der Waals surface area contributed by atoms with E-state index in [-0.39, 0.29) is 18.6 Å². The predicted octanol–water partition coefficient (Wildman–Crippen LogP) is -1.78. The van der Waals surface area contributed by atoms with Gasteiger partial charge in [0.2, 0.25) is 0 Å². The second-order valence-electron chi connectivity index (χ2n) is 1.29. The minimum absolute atomic E-state index is 0. The molecule has 0 radical (unpaired) electrons. The van der Waals surface area contributed by atoms with Gasteiger partial charge in [-0.1, -0.05) is 0 Å². The van der Waals surface area contributed by atoms with Crippen LogP contribution in [0.2, 0.25) is 3.93 Å². The molecular formula is C5H12ClHgN4. The Hall–Kier alpha value is 0.195. The summed E-state index contributed by atoms with van der Waals surface area (Å²) < 4.78 is 1.44. The Balaban J connectivity index is -0.000000116. The van der Waals surface area contributed by atoms with Crippen molar-refractivity contribution in [2.75, 3.05) is 0 Å². The molecule has 0 spiro atoms. The fraction of sp³-hybridized carbons (Fsp3) is 0.400. The van der Waals surface area contributed by atoms with Gasteiger partial charge in [0.15, 0.2) is 0 Å².